The second-order valence-electron chi connectivity index (χ2n) is 3.18. The van der Waals surface area contributed by atoms with E-state index in [2.05, 4.69) is 14.4 Å². The largest absolute Gasteiger partial charge is 0.464 e. The Kier molecular flexibility index (Phi) is 4.57. The molecule has 2 N–H and O–H groups in total. The fourth-order valence-electron chi connectivity index (χ4n) is 1.01. The highest BCUT2D eigenvalue weighted by Gasteiger charge is 2.27. The second-order valence-corrected chi connectivity index (χ2v) is 5.95. The van der Waals surface area contributed by atoms with Gasteiger partial charge in [0.1, 0.15) is 0 Å². The lowest BCUT2D eigenvalue weighted by Gasteiger charge is -2.10. The lowest BCUT2D eigenvalue weighted by Crippen LogP contribution is -2.35. The van der Waals surface area contributed by atoms with E-state index in [1.807, 2.05) is 0 Å². The van der Waals surface area contributed by atoms with Crippen molar-refractivity contribution in [3.8, 4) is 0 Å². The van der Waals surface area contributed by atoms with Crippen LogP contribution in [-0.4, -0.2) is 44.2 Å². The van der Waals surface area contributed by atoms with Crippen molar-refractivity contribution in [2.24, 2.45) is 0 Å². The monoisotopic (exact) mass is 280 g/mol. The molecule has 0 aromatic carbocycles. The average molecular weight is 280 g/mol. The number of carbonyl (C=O) groups excluding carboxylic acids is 1. The minimum atomic E-state index is -3.87. The highest BCUT2D eigenvalue weighted by atomic mass is 32.2. The minimum Gasteiger partial charge on any atom is -0.464 e. The van der Waals surface area contributed by atoms with Gasteiger partial charge in [-0.1, -0.05) is 0 Å². The van der Waals surface area contributed by atoms with E-state index >= 15 is 0 Å². The summed E-state index contributed by atoms with van der Waals surface area (Å²) >= 11 is 0.809. The third-order valence-electron chi connectivity index (χ3n) is 1.79. The molecule has 0 bridgehead atoms. The summed E-state index contributed by atoms with van der Waals surface area (Å²) in [6, 6.07) is -0.646. The second kappa shape index (κ2) is 5.54. The van der Waals surface area contributed by atoms with Gasteiger partial charge in [0.05, 0.1) is 19.2 Å². The van der Waals surface area contributed by atoms with E-state index < -0.39 is 22.0 Å². The average Bonchev–Trinajstić information content (AvgIpc) is 2.76. The molecule has 1 aromatic rings. The Morgan fingerprint density at radius 2 is 2.35 bits per heavy atom. The molecule has 1 aromatic heterocycles. The molecule has 0 fully saturated rings. The summed E-state index contributed by atoms with van der Waals surface area (Å²) in [5, 5.41) is 8.79. The standard InChI is InChI=1S/C8H12N2O5S2/c1-5(3-11)10-17(13,14)8-6(7(12)15-2)9-4-16-8/h4-5,10-11H,3H2,1-2H3/t5-/m0/s1. The molecule has 0 radical (unpaired) electrons. The Bertz CT molecular complexity index is 496. The summed E-state index contributed by atoms with van der Waals surface area (Å²) in [5.74, 6) is -0.816. The van der Waals surface area contributed by atoms with Crippen molar-refractivity contribution in [2.45, 2.75) is 17.2 Å². The van der Waals surface area contributed by atoms with Gasteiger partial charge in [-0.2, -0.15) is 0 Å². The fourth-order valence-corrected chi connectivity index (χ4v) is 3.40. The number of aromatic nitrogens is 1. The Morgan fingerprint density at radius 3 is 2.88 bits per heavy atom. The number of rotatable bonds is 5. The van der Waals surface area contributed by atoms with E-state index in [1.54, 1.807) is 0 Å². The summed E-state index contributed by atoms with van der Waals surface area (Å²) in [6.45, 7) is 1.15. The van der Waals surface area contributed by atoms with Crippen LogP contribution in [-0.2, 0) is 14.8 Å². The molecule has 7 nitrogen and oxygen atoms in total. The van der Waals surface area contributed by atoms with Crippen molar-refractivity contribution in [1.29, 1.82) is 0 Å². The van der Waals surface area contributed by atoms with Crippen molar-refractivity contribution in [2.75, 3.05) is 13.7 Å². The van der Waals surface area contributed by atoms with Crippen LogP contribution in [0.15, 0.2) is 9.72 Å². The van der Waals surface area contributed by atoms with Gasteiger partial charge in [-0.3, -0.25) is 0 Å². The van der Waals surface area contributed by atoms with Crippen molar-refractivity contribution in [3.05, 3.63) is 11.2 Å². The highest BCUT2D eigenvalue weighted by molar-refractivity contribution is 7.91. The van der Waals surface area contributed by atoms with Gasteiger partial charge in [-0.25, -0.2) is 22.9 Å². The minimum absolute atomic E-state index is 0.218. The van der Waals surface area contributed by atoms with Gasteiger partial charge in [0.15, 0.2) is 9.90 Å². The lowest BCUT2D eigenvalue weighted by molar-refractivity contribution is 0.0590. The summed E-state index contributed by atoms with van der Waals surface area (Å²) in [6.07, 6.45) is 0. The smallest absolute Gasteiger partial charge is 0.358 e. The predicted octanol–water partition coefficient (Wildman–Crippen LogP) is -0.411. The zero-order valence-electron chi connectivity index (χ0n) is 9.21. The van der Waals surface area contributed by atoms with Crippen molar-refractivity contribution in [3.63, 3.8) is 0 Å². The third-order valence-corrected chi connectivity index (χ3v) is 4.75. The maximum absolute atomic E-state index is 11.8. The molecule has 0 amide bonds. The molecule has 1 heterocycles. The van der Waals surface area contributed by atoms with Gasteiger partial charge in [0, 0.05) is 6.04 Å². The molecular weight excluding hydrogens is 268 g/mol. The number of thiazole rings is 1. The predicted molar refractivity (Wildman–Crippen MR) is 60.3 cm³/mol. The molecule has 96 valence electrons. The topological polar surface area (TPSA) is 106 Å². The Balaban J connectivity index is 3.08. The number of aliphatic hydroxyl groups excluding tert-OH is 1. The van der Waals surface area contributed by atoms with E-state index in [0.717, 1.165) is 18.4 Å². The number of esters is 1. The van der Waals surface area contributed by atoms with Crippen molar-refractivity contribution >= 4 is 27.3 Å². The molecule has 0 unspecified atom stereocenters. The van der Waals surface area contributed by atoms with Gasteiger partial charge < -0.3 is 9.84 Å². The summed E-state index contributed by atoms with van der Waals surface area (Å²) in [5.41, 5.74) is 0.986. The molecule has 0 spiro atoms. The first kappa shape index (κ1) is 14.0. The van der Waals surface area contributed by atoms with Gasteiger partial charge in [0.25, 0.3) is 10.0 Å². The van der Waals surface area contributed by atoms with Crippen LogP contribution >= 0.6 is 11.3 Å². The molecule has 9 heteroatoms. The number of carbonyl (C=O) groups is 1. The first-order valence-electron chi connectivity index (χ1n) is 4.57. The van der Waals surface area contributed by atoms with Gasteiger partial charge in [0.2, 0.25) is 0 Å². The van der Waals surface area contributed by atoms with E-state index in [-0.39, 0.29) is 16.5 Å². The van der Waals surface area contributed by atoms with Crippen LogP contribution in [0, 0.1) is 0 Å². The molecule has 0 aliphatic rings. The molecule has 0 aliphatic heterocycles. The fraction of sp³-hybridized carbons (Fsp3) is 0.500. The van der Waals surface area contributed by atoms with Crippen LogP contribution in [0.3, 0.4) is 0 Å². The van der Waals surface area contributed by atoms with Crippen LogP contribution in [0.4, 0.5) is 0 Å². The number of nitrogens with one attached hydrogen (secondary N) is 1. The lowest BCUT2D eigenvalue weighted by atomic mass is 10.4. The van der Waals surface area contributed by atoms with Gasteiger partial charge in [-0.15, -0.1) is 11.3 Å². The number of hydrogen-bond donors (Lipinski definition) is 2. The Hall–Kier alpha value is -1.03. The molecule has 1 atom stereocenters. The van der Waals surface area contributed by atoms with Crippen LogP contribution in [0.25, 0.3) is 0 Å². The summed E-state index contributed by atoms with van der Waals surface area (Å²) < 4.78 is 30.1. The zero-order valence-corrected chi connectivity index (χ0v) is 10.8. The number of nitrogens with zero attached hydrogens (tertiary/aromatic N) is 1. The van der Waals surface area contributed by atoms with Crippen molar-refractivity contribution < 1.29 is 23.1 Å². The number of aliphatic hydroxyl groups is 1. The van der Waals surface area contributed by atoms with Crippen LogP contribution in [0.2, 0.25) is 0 Å². The zero-order chi connectivity index (χ0) is 13.1. The van der Waals surface area contributed by atoms with Gasteiger partial charge >= 0.3 is 5.97 Å². The molecule has 1 rings (SSSR count). The highest BCUT2D eigenvalue weighted by Crippen LogP contribution is 2.20. The number of hydrogen-bond acceptors (Lipinski definition) is 7. The number of sulfonamides is 1. The Labute approximate surface area is 102 Å². The van der Waals surface area contributed by atoms with E-state index in [0.29, 0.717) is 0 Å². The molecule has 0 aliphatic carbocycles. The van der Waals surface area contributed by atoms with Crippen LogP contribution < -0.4 is 4.72 Å². The van der Waals surface area contributed by atoms with E-state index in [9.17, 15) is 13.2 Å². The first-order valence-corrected chi connectivity index (χ1v) is 6.93. The van der Waals surface area contributed by atoms with Gasteiger partial charge in [-0.05, 0) is 6.92 Å². The Morgan fingerprint density at radius 1 is 1.71 bits per heavy atom. The van der Waals surface area contributed by atoms with Crippen LogP contribution in [0.1, 0.15) is 17.4 Å². The third kappa shape index (κ3) is 3.22. The first-order chi connectivity index (χ1) is 7.92. The molecule has 0 saturated carbocycles. The quantitative estimate of drug-likeness (QED) is 0.710. The van der Waals surface area contributed by atoms with E-state index in [4.69, 9.17) is 5.11 Å². The maximum Gasteiger partial charge on any atom is 0.358 e. The van der Waals surface area contributed by atoms with Crippen LogP contribution in [0.5, 0.6) is 0 Å². The number of ether oxygens (including phenoxy) is 1. The SMILES string of the molecule is COC(=O)c1ncsc1S(=O)(=O)N[C@@H](C)CO. The molecule has 17 heavy (non-hydrogen) atoms. The molecule has 0 saturated heterocycles. The maximum atomic E-state index is 11.8. The normalized spacial score (nSPS) is 13.4. The van der Waals surface area contributed by atoms with E-state index in [1.165, 1.54) is 12.4 Å². The summed E-state index contributed by atoms with van der Waals surface area (Å²) in [7, 11) is -2.73. The molecular formula is C8H12N2O5S2. The summed E-state index contributed by atoms with van der Waals surface area (Å²) in [4.78, 5) is 14.9. The number of methoxy groups -OCH3 is 1. The van der Waals surface area contributed by atoms with Crippen molar-refractivity contribution in [1.82, 2.24) is 9.71 Å².